The van der Waals surface area contributed by atoms with E-state index in [1.165, 1.54) is 5.00 Å². The van der Waals surface area contributed by atoms with E-state index in [1.54, 1.807) is 17.6 Å². The SMILES string of the molecule is O=C(COc1ccccc1-c1ccccc1)N/N=C\c1ccc(N2CCOCC2)s1. The van der Waals surface area contributed by atoms with Gasteiger partial charge in [-0.05, 0) is 23.8 Å². The van der Waals surface area contributed by atoms with E-state index in [-0.39, 0.29) is 12.5 Å². The van der Waals surface area contributed by atoms with E-state index in [4.69, 9.17) is 9.47 Å². The number of amides is 1. The van der Waals surface area contributed by atoms with Crippen molar-refractivity contribution in [2.75, 3.05) is 37.8 Å². The van der Waals surface area contributed by atoms with Crippen molar-refractivity contribution in [3.8, 4) is 16.9 Å². The largest absolute Gasteiger partial charge is 0.483 e. The summed E-state index contributed by atoms with van der Waals surface area (Å²) in [5.74, 6) is 0.357. The smallest absolute Gasteiger partial charge is 0.277 e. The molecule has 0 radical (unpaired) electrons. The fraction of sp³-hybridized carbons (Fsp3) is 0.217. The zero-order chi connectivity index (χ0) is 20.6. The molecule has 30 heavy (non-hydrogen) atoms. The quantitative estimate of drug-likeness (QED) is 0.466. The zero-order valence-corrected chi connectivity index (χ0v) is 17.3. The lowest BCUT2D eigenvalue weighted by Crippen LogP contribution is -2.35. The highest BCUT2D eigenvalue weighted by Gasteiger charge is 2.13. The maximum absolute atomic E-state index is 12.1. The molecule has 0 saturated carbocycles. The second kappa shape index (κ2) is 10.0. The van der Waals surface area contributed by atoms with Gasteiger partial charge in [0.25, 0.3) is 5.91 Å². The Hall–Kier alpha value is -3.16. The van der Waals surface area contributed by atoms with E-state index in [2.05, 4.69) is 21.5 Å². The molecule has 1 saturated heterocycles. The van der Waals surface area contributed by atoms with Gasteiger partial charge in [-0.15, -0.1) is 11.3 Å². The number of carbonyl (C=O) groups excluding carboxylic acids is 1. The van der Waals surface area contributed by atoms with E-state index in [0.29, 0.717) is 5.75 Å². The van der Waals surface area contributed by atoms with Gasteiger partial charge in [-0.1, -0.05) is 48.5 Å². The van der Waals surface area contributed by atoms with Crippen LogP contribution in [0.3, 0.4) is 0 Å². The second-order valence-electron chi connectivity index (χ2n) is 6.72. The molecule has 0 spiro atoms. The van der Waals surface area contributed by atoms with Gasteiger partial charge < -0.3 is 14.4 Å². The molecule has 1 aliphatic rings. The van der Waals surface area contributed by atoms with Gasteiger partial charge in [0.1, 0.15) is 5.75 Å². The topological polar surface area (TPSA) is 63.2 Å². The molecule has 7 heteroatoms. The number of nitrogens with one attached hydrogen (secondary N) is 1. The minimum atomic E-state index is -0.306. The molecule has 6 nitrogen and oxygen atoms in total. The lowest BCUT2D eigenvalue weighted by molar-refractivity contribution is -0.123. The van der Waals surface area contributed by atoms with E-state index in [1.807, 2.05) is 60.7 Å². The van der Waals surface area contributed by atoms with Crippen LogP contribution in [0.4, 0.5) is 5.00 Å². The van der Waals surface area contributed by atoms with E-state index >= 15 is 0 Å². The summed E-state index contributed by atoms with van der Waals surface area (Å²) in [4.78, 5) is 15.4. The maximum atomic E-state index is 12.1. The minimum absolute atomic E-state index is 0.106. The molecule has 1 aromatic heterocycles. The molecule has 154 valence electrons. The molecular weight excluding hydrogens is 398 g/mol. The molecule has 0 aliphatic carbocycles. The van der Waals surface area contributed by atoms with Gasteiger partial charge >= 0.3 is 0 Å². The van der Waals surface area contributed by atoms with Gasteiger partial charge in [-0.2, -0.15) is 5.10 Å². The van der Waals surface area contributed by atoms with Crippen molar-refractivity contribution < 1.29 is 14.3 Å². The number of benzene rings is 2. The molecule has 0 bridgehead atoms. The summed E-state index contributed by atoms with van der Waals surface area (Å²) in [5.41, 5.74) is 4.52. The monoisotopic (exact) mass is 421 g/mol. The first kappa shape index (κ1) is 20.1. The number of nitrogens with zero attached hydrogens (tertiary/aromatic N) is 2. The van der Waals surface area contributed by atoms with Crippen LogP contribution in [0.5, 0.6) is 5.75 Å². The third-order valence-electron chi connectivity index (χ3n) is 4.65. The maximum Gasteiger partial charge on any atom is 0.277 e. The van der Waals surface area contributed by atoms with Gasteiger partial charge in [-0.25, -0.2) is 5.43 Å². The van der Waals surface area contributed by atoms with Crippen molar-refractivity contribution in [1.29, 1.82) is 0 Å². The average Bonchev–Trinajstić information content (AvgIpc) is 3.28. The van der Waals surface area contributed by atoms with Crippen molar-refractivity contribution in [2.45, 2.75) is 0 Å². The molecule has 1 fully saturated rings. The zero-order valence-electron chi connectivity index (χ0n) is 16.5. The summed E-state index contributed by atoms with van der Waals surface area (Å²) in [7, 11) is 0. The molecule has 1 N–H and O–H groups in total. The van der Waals surface area contributed by atoms with Crippen LogP contribution in [0.25, 0.3) is 11.1 Å². The van der Waals surface area contributed by atoms with Crippen LogP contribution in [-0.2, 0) is 9.53 Å². The van der Waals surface area contributed by atoms with E-state index in [9.17, 15) is 4.79 Å². The number of rotatable bonds is 7. The van der Waals surface area contributed by atoms with Crippen molar-refractivity contribution in [3.63, 3.8) is 0 Å². The van der Waals surface area contributed by atoms with Crippen molar-refractivity contribution in [3.05, 3.63) is 71.6 Å². The normalized spacial score (nSPS) is 14.1. The predicted octanol–water partition coefficient (Wildman–Crippen LogP) is 3.78. The third-order valence-corrected chi connectivity index (χ3v) is 5.73. The summed E-state index contributed by atoms with van der Waals surface area (Å²) in [6.45, 7) is 3.20. The highest BCUT2D eigenvalue weighted by atomic mass is 32.1. The molecule has 3 aromatic rings. The molecule has 1 amide bonds. The summed E-state index contributed by atoms with van der Waals surface area (Å²) in [5, 5.41) is 5.24. The van der Waals surface area contributed by atoms with Gasteiger partial charge in [0.05, 0.1) is 24.4 Å². The van der Waals surface area contributed by atoms with Crippen LogP contribution in [0, 0.1) is 0 Å². The molecular formula is C23H23N3O3S. The number of morpholine rings is 1. The highest BCUT2D eigenvalue weighted by Crippen LogP contribution is 2.29. The van der Waals surface area contributed by atoms with Crippen LogP contribution >= 0.6 is 11.3 Å². The number of hydrazone groups is 1. The molecule has 4 rings (SSSR count). The molecule has 2 aromatic carbocycles. The summed E-state index contributed by atoms with van der Waals surface area (Å²) in [6, 6.07) is 21.7. The number of hydrogen-bond acceptors (Lipinski definition) is 6. The van der Waals surface area contributed by atoms with Crippen LogP contribution < -0.4 is 15.1 Å². The lowest BCUT2D eigenvalue weighted by atomic mass is 10.1. The Morgan fingerprint density at radius 1 is 1.07 bits per heavy atom. The third kappa shape index (κ3) is 5.25. The van der Waals surface area contributed by atoms with Gasteiger partial charge in [0.2, 0.25) is 0 Å². The Kier molecular flexibility index (Phi) is 6.74. The van der Waals surface area contributed by atoms with Gasteiger partial charge in [0.15, 0.2) is 6.61 Å². The van der Waals surface area contributed by atoms with Crippen molar-refractivity contribution >= 4 is 28.5 Å². The molecule has 1 aliphatic heterocycles. The summed E-state index contributed by atoms with van der Waals surface area (Å²) < 4.78 is 11.1. The molecule has 0 atom stereocenters. The minimum Gasteiger partial charge on any atom is -0.483 e. The number of ether oxygens (including phenoxy) is 2. The standard InChI is InChI=1S/C23H23N3O3S/c27-22(17-29-21-9-5-4-8-20(21)18-6-2-1-3-7-18)25-24-16-19-10-11-23(30-19)26-12-14-28-15-13-26/h1-11,16H,12-15,17H2,(H,25,27)/b24-16-. The Bertz CT molecular complexity index is 998. The first-order valence-electron chi connectivity index (χ1n) is 9.81. The number of anilines is 1. The summed E-state index contributed by atoms with van der Waals surface area (Å²) >= 11 is 1.64. The number of hydrogen-bond donors (Lipinski definition) is 1. The van der Waals surface area contributed by atoms with E-state index < -0.39 is 0 Å². The first-order chi connectivity index (χ1) is 14.8. The van der Waals surface area contributed by atoms with Gasteiger partial charge in [-0.3, -0.25) is 4.79 Å². The van der Waals surface area contributed by atoms with Crippen molar-refractivity contribution in [1.82, 2.24) is 5.43 Å². The number of para-hydroxylation sites is 1. The predicted molar refractivity (Wildman–Crippen MR) is 120 cm³/mol. The van der Waals surface area contributed by atoms with Crippen LogP contribution in [0.15, 0.2) is 71.8 Å². The average molecular weight is 422 g/mol. The number of carbonyl (C=O) groups is 1. The van der Waals surface area contributed by atoms with Crippen LogP contribution in [0.2, 0.25) is 0 Å². The molecule has 2 heterocycles. The highest BCUT2D eigenvalue weighted by molar-refractivity contribution is 7.17. The second-order valence-corrected chi connectivity index (χ2v) is 7.81. The van der Waals surface area contributed by atoms with E-state index in [0.717, 1.165) is 42.3 Å². The summed E-state index contributed by atoms with van der Waals surface area (Å²) in [6.07, 6.45) is 1.66. The Balaban J connectivity index is 1.29. The Morgan fingerprint density at radius 2 is 1.83 bits per heavy atom. The first-order valence-corrected chi connectivity index (χ1v) is 10.6. The van der Waals surface area contributed by atoms with Gasteiger partial charge in [0, 0.05) is 23.5 Å². The molecule has 0 unspecified atom stereocenters. The number of thiophene rings is 1. The fourth-order valence-electron chi connectivity index (χ4n) is 3.16. The van der Waals surface area contributed by atoms with Crippen LogP contribution in [0.1, 0.15) is 4.88 Å². The van der Waals surface area contributed by atoms with Crippen LogP contribution in [-0.4, -0.2) is 45.0 Å². The Labute approximate surface area is 179 Å². The fourth-order valence-corrected chi connectivity index (χ4v) is 4.09. The Morgan fingerprint density at radius 3 is 2.67 bits per heavy atom. The lowest BCUT2D eigenvalue weighted by Gasteiger charge is -2.27. The van der Waals surface area contributed by atoms with Crippen molar-refractivity contribution in [2.24, 2.45) is 5.10 Å².